The third-order valence-corrected chi connectivity index (χ3v) is 2.26. The Hall–Kier alpha value is -0.900. The summed E-state index contributed by atoms with van der Waals surface area (Å²) in [6.45, 7) is -0.857. The van der Waals surface area contributed by atoms with Gasteiger partial charge in [0.15, 0.2) is 0 Å². The maximum atomic E-state index is 12.0. The molecule has 0 radical (unpaired) electrons. The molecule has 0 heterocycles. The fourth-order valence-corrected chi connectivity index (χ4v) is 1.48. The monoisotopic (exact) mass is 260 g/mol. The number of carbonyl (C=O) groups excluding carboxylic acids is 1. The SMILES string of the molecule is O=CCCc1ccc(Br)cc1OCF. The third-order valence-electron chi connectivity index (χ3n) is 1.77. The summed E-state index contributed by atoms with van der Waals surface area (Å²) in [5.74, 6) is 0.490. The topological polar surface area (TPSA) is 26.3 Å². The van der Waals surface area contributed by atoms with Crippen LogP contribution in [0.15, 0.2) is 22.7 Å². The quantitative estimate of drug-likeness (QED) is 0.762. The van der Waals surface area contributed by atoms with E-state index in [-0.39, 0.29) is 0 Å². The van der Waals surface area contributed by atoms with Crippen LogP contribution in [0.3, 0.4) is 0 Å². The van der Waals surface area contributed by atoms with Gasteiger partial charge >= 0.3 is 0 Å². The van der Waals surface area contributed by atoms with Crippen molar-refractivity contribution in [1.29, 1.82) is 0 Å². The van der Waals surface area contributed by atoms with Gasteiger partial charge < -0.3 is 9.53 Å². The molecule has 0 amide bonds. The molecule has 0 spiro atoms. The summed E-state index contributed by atoms with van der Waals surface area (Å²) in [4.78, 5) is 10.2. The maximum absolute atomic E-state index is 12.0. The van der Waals surface area contributed by atoms with E-state index >= 15 is 0 Å². The minimum Gasteiger partial charge on any atom is -0.463 e. The van der Waals surface area contributed by atoms with Gasteiger partial charge in [-0.15, -0.1) is 0 Å². The van der Waals surface area contributed by atoms with Crippen LogP contribution in [0.1, 0.15) is 12.0 Å². The van der Waals surface area contributed by atoms with Gasteiger partial charge in [-0.05, 0) is 24.1 Å². The van der Waals surface area contributed by atoms with Gasteiger partial charge in [-0.1, -0.05) is 22.0 Å². The molecule has 0 aliphatic heterocycles. The minimum atomic E-state index is -0.857. The van der Waals surface area contributed by atoms with E-state index < -0.39 is 6.86 Å². The van der Waals surface area contributed by atoms with Crippen LogP contribution in [-0.2, 0) is 11.2 Å². The van der Waals surface area contributed by atoms with Gasteiger partial charge in [0.05, 0.1) is 0 Å². The Morgan fingerprint density at radius 2 is 2.29 bits per heavy atom. The van der Waals surface area contributed by atoms with Crippen molar-refractivity contribution >= 4 is 22.2 Å². The number of benzene rings is 1. The predicted octanol–water partition coefficient (Wildman–Crippen LogP) is 2.89. The van der Waals surface area contributed by atoms with Crippen LogP contribution in [0.5, 0.6) is 5.75 Å². The van der Waals surface area contributed by atoms with Crippen LogP contribution in [0.4, 0.5) is 4.39 Å². The van der Waals surface area contributed by atoms with E-state index in [0.29, 0.717) is 18.6 Å². The van der Waals surface area contributed by atoms with Gasteiger partial charge in [0.25, 0.3) is 0 Å². The first-order chi connectivity index (χ1) is 6.77. The molecular formula is C10H10BrFO2. The zero-order valence-corrected chi connectivity index (χ0v) is 9.09. The average Bonchev–Trinajstić information content (AvgIpc) is 2.17. The van der Waals surface area contributed by atoms with Gasteiger partial charge in [0.1, 0.15) is 12.0 Å². The molecule has 0 saturated heterocycles. The van der Waals surface area contributed by atoms with Gasteiger partial charge in [0, 0.05) is 10.9 Å². The summed E-state index contributed by atoms with van der Waals surface area (Å²) >= 11 is 3.26. The Labute approximate surface area is 90.2 Å². The molecule has 2 nitrogen and oxygen atoms in total. The molecule has 4 heteroatoms. The number of alkyl halides is 1. The molecule has 0 unspecified atom stereocenters. The van der Waals surface area contributed by atoms with Crippen LogP contribution < -0.4 is 4.74 Å². The maximum Gasteiger partial charge on any atom is 0.228 e. The van der Waals surface area contributed by atoms with E-state index in [1.165, 1.54) is 0 Å². The fraction of sp³-hybridized carbons (Fsp3) is 0.300. The van der Waals surface area contributed by atoms with E-state index in [0.717, 1.165) is 16.3 Å². The molecule has 0 bridgehead atoms. The minimum absolute atomic E-state index is 0.421. The molecule has 0 aliphatic carbocycles. The molecule has 14 heavy (non-hydrogen) atoms. The van der Waals surface area contributed by atoms with E-state index in [4.69, 9.17) is 4.74 Å². The third kappa shape index (κ3) is 3.10. The van der Waals surface area contributed by atoms with Crippen molar-refractivity contribution in [2.24, 2.45) is 0 Å². The molecule has 1 rings (SSSR count). The van der Waals surface area contributed by atoms with Gasteiger partial charge in [0.2, 0.25) is 6.86 Å². The van der Waals surface area contributed by atoms with Gasteiger partial charge in [-0.2, -0.15) is 0 Å². The highest BCUT2D eigenvalue weighted by atomic mass is 79.9. The lowest BCUT2D eigenvalue weighted by Gasteiger charge is -2.07. The molecule has 0 fully saturated rings. The van der Waals surface area contributed by atoms with E-state index in [2.05, 4.69) is 15.9 Å². The number of rotatable bonds is 5. The molecule has 0 aromatic heterocycles. The lowest BCUT2D eigenvalue weighted by molar-refractivity contribution is -0.107. The highest BCUT2D eigenvalue weighted by Crippen LogP contribution is 2.24. The number of hydrogen-bond donors (Lipinski definition) is 0. The molecule has 0 atom stereocenters. The van der Waals surface area contributed by atoms with Crippen molar-refractivity contribution in [2.75, 3.05) is 6.86 Å². The fourth-order valence-electron chi connectivity index (χ4n) is 1.14. The van der Waals surface area contributed by atoms with E-state index in [1.807, 2.05) is 12.1 Å². The smallest absolute Gasteiger partial charge is 0.228 e. The van der Waals surface area contributed by atoms with Gasteiger partial charge in [-0.25, -0.2) is 4.39 Å². The second kappa shape index (κ2) is 5.75. The van der Waals surface area contributed by atoms with Crippen LogP contribution in [0, 0.1) is 0 Å². The molecule has 76 valence electrons. The summed E-state index contributed by atoms with van der Waals surface area (Å²) in [6.07, 6.45) is 1.83. The lowest BCUT2D eigenvalue weighted by atomic mass is 10.1. The first-order valence-electron chi connectivity index (χ1n) is 4.18. The second-order valence-corrected chi connectivity index (χ2v) is 3.63. The van der Waals surface area contributed by atoms with Crippen molar-refractivity contribution in [2.45, 2.75) is 12.8 Å². The largest absolute Gasteiger partial charge is 0.463 e. The van der Waals surface area contributed by atoms with Crippen molar-refractivity contribution in [3.63, 3.8) is 0 Å². The number of ether oxygens (including phenoxy) is 1. The first kappa shape index (κ1) is 11.2. The number of carbonyl (C=O) groups is 1. The summed E-state index contributed by atoms with van der Waals surface area (Å²) in [6, 6.07) is 5.35. The summed E-state index contributed by atoms with van der Waals surface area (Å²) in [7, 11) is 0. The predicted molar refractivity (Wildman–Crippen MR) is 55.1 cm³/mol. The summed E-state index contributed by atoms with van der Waals surface area (Å²) < 4.78 is 17.6. The van der Waals surface area contributed by atoms with Crippen LogP contribution in [-0.4, -0.2) is 13.1 Å². The summed E-state index contributed by atoms with van der Waals surface area (Å²) in [5.41, 5.74) is 0.845. The van der Waals surface area contributed by atoms with E-state index in [9.17, 15) is 9.18 Å². The highest BCUT2D eigenvalue weighted by molar-refractivity contribution is 9.10. The average molecular weight is 261 g/mol. The molecular weight excluding hydrogens is 251 g/mol. The molecule has 0 N–H and O–H groups in total. The van der Waals surface area contributed by atoms with Crippen molar-refractivity contribution in [1.82, 2.24) is 0 Å². The first-order valence-corrected chi connectivity index (χ1v) is 4.98. The molecule has 0 aliphatic rings. The Morgan fingerprint density at radius 3 is 2.93 bits per heavy atom. The lowest BCUT2D eigenvalue weighted by Crippen LogP contribution is -1.96. The number of halogens is 2. The molecule has 1 aromatic carbocycles. The Balaban J connectivity index is 2.83. The van der Waals surface area contributed by atoms with Crippen LogP contribution >= 0.6 is 15.9 Å². The number of aldehydes is 1. The second-order valence-electron chi connectivity index (χ2n) is 2.71. The van der Waals surface area contributed by atoms with E-state index in [1.54, 1.807) is 6.07 Å². The van der Waals surface area contributed by atoms with Crippen molar-refractivity contribution in [3.05, 3.63) is 28.2 Å². The Kier molecular flexibility index (Phi) is 4.59. The molecule has 1 aromatic rings. The van der Waals surface area contributed by atoms with Gasteiger partial charge in [-0.3, -0.25) is 0 Å². The number of hydrogen-bond acceptors (Lipinski definition) is 2. The van der Waals surface area contributed by atoms with Crippen LogP contribution in [0.25, 0.3) is 0 Å². The van der Waals surface area contributed by atoms with Crippen molar-refractivity contribution < 1.29 is 13.9 Å². The normalized spacial score (nSPS) is 9.86. The molecule has 0 saturated carbocycles. The standard InChI is InChI=1S/C10H10BrFO2/c11-9-4-3-8(2-1-5-13)10(6-9)14-7-12/h3-6H,1-2,7H2. The van der Waals surface area contributed by atoms with Crippen LogP contribution in [0.2, 0.25) is 0 Å². The zero-order chi connectivity index (χ0) is 10.4. The number of aryl methyl sites for hydroxylation is 1. The Bertz CT molecular complexity index is 315. The highest BCUT2D eigenvalue weighted by Gasteiger charge is 2.04. The Morgan fingerprint density at radius 1 is 1.50 bits per heavy atom. The summed E-state index contributed by atoms with van der Waals surface area (Å²) in [5, 5.41) is 0. The van der Waals surface area contributed by atoms with Crippen molar-refractivity contribution in [3.8, 4) is 5.75 Å². The zero-order valence-electron chi connectivity index (χ0n) is 7.50.